The molecule has 0 fully saturated rings. The minimum absolute atomic E-state index is 0.0784. The monoisotopic (exact) mass is 990 g/mol. The van der Waals surface area contributed by atoms with Crippen molar-refractivity contribution in [2.45, 2.75) is 105 Å². The second kappa shape index (κ2) is 18.0. The Labute approximate surface area is 447 Å². The molecular weight excluding hydrogens is 927 g/mol. The number of nitrogens with zero attached hydrogens (tertiary/aromatic N) is 7. The van der Waals surface area contributed by atoms with Crippen molar-refractivity contribution >= 4 is 55.0 Å². The molecule has 76 heavy (non-hydrogen) atoms. The van der Waals surface area contributed by atoms with E-state index in [1.165, 1.54) is 22.3 Å². The molecule has 0 amide bonds. The van der Waals surface area contributed by atoms with Crippen molar-refractivity contribution in [2.75, 3.05) is 0 Å². The maximum atomic E-state index is 8.80. The second-order valence-electron chi connectivity index (χ2n) is 24.4. The zero-order valence-electron chi connectivity index (χ0n) is 45.7. The van der Waals surface area contributed by atoms with E-state index in [9.17, 15) is 0 Å². The van der Waals surface area contributed by atoms with Crippen molar-refractivity contribution < 1.29 is 0 Å². The Morgan fingerprint density at radius 3 is 1.18 bits per heavy atom. The predicted octanol–water partition coefficient (Wildman–Crippen LogP) is 19.0. The SMILES string of the molecule is [C-]#[N+]c1cccc(-c2cccc(-n3c4ccc(C(C)(C)C)cc4c4cc(C(C)(C)C)ccc43)c2-c2nc(-c3ccccc3)nc(-c3c([N+]#[C-])cccc3-n3c4ccc(C(C)(C)C)cc4c4cc(C(C)(C)C)ccc43)n2)c1. The number of rotatable bonds is 6. The van der Waals surface area contributed by atoms with Gasteiger partial charge >= 0.3 is 0 Å². The highest BCUT2D eigenvalue weighted by molar-refractivity contribution is 6.12. The first-order valence-corrected chi connectivity index (χ1v) is 26.2. The highest BCUT2D eigenvalue weighted by Crippen LogP contribution is 2.46. The number of fused-ring (bicyclic) bond motifs is 6. The van der Waals surface area contributed by atoms with Gasteiger partial charge in [0.2, 0.25) is 0 Å². The molecule has 11 aromatic rings. The summed E-state index contributed by atoms with van der Waals surface area (Å²) in [5.41, 5.74) is 15.4. The third kappa shape index (κ3) is 8.60. The molecule has 3 aromatic heterocycles. The molecule has 0 bridgehead atoms. The van der Waals surface area contributed by atoms with Crippen LogP contribution in [0.3, 0.4) is 0 Å². The van der Waals surface area contributed by atoms with E-state index in [0.29, 0.717) is 34.4 Å². The van der Waals surface area contributed by atoms with Crippen molar-refractivity contribution in [1.82, 2.24) is 24.1 Å². The zero-order valence-corrected chi connectivity index (χ0v) is 45.7. The van der Waals surface area contributed by atoms with Gasteiger partial charge in [0.05, 0.1) is 46.5 Å². The number of hydrogen-bond acceptors (Lipinski definition) is 3. The molecule has 0 saturated carbocycles. The average Bonchev–Trinajstić information content (AvgIpc) is 3.99. The van der Waals surface area contributed by atoms with E-state index in [-0.39, 0.29) is 21.7 Å². The molecule has 7 nitrogen and oxygen atoms in total. The fraction of sp³-hybridized carbons (Fsp3) is 0.232. The van der Waals surface area contributed by atoms with E-state index in [1.807, 2.05) is 60.7 Å². The van der Waals surface area contributed by atoms with E-state index in [1.54, 1.807) is 0 Å². The van der Waals surface area contributed by atoms with Gasteiger partial charge in [-0.1, -0.05) is 180 Å². The van der Waals surface area contributed by atoms with Crippen molar-refractivity contribution in [1.29, 1.82) is 0 Å². The number of aromatic nitrogens is 5. The summed E-state index contributed by atoms with van der Waals surface area (Å²) < 4.78 is 4.66. The molecule has 3 heterocycles. The van der Waals surface area contributed by atoms with Crippen LogP contribution in [0.4, 0.5) is 11.4 Å². The van der Waals surface area contributed by atoms with E-state index in [0.717, 1.165) is 77.2 Å². The quantitative estimate of drug-likeness (QED) is 0.156. The van der Waals surface area contributed by atoms with Crippen LogP contribution in [-0.4, -0.2) is 24.1 Å². The van der Waals surface area contributed by atoms with Gasteiger partial charge in [0.1, 0.15) is 0 Å². The normalized spacial score (nSPS) is 12.4. The second-order valence-corrected chi connectivity index (χ2v) is 24.4. The summed E-state index contributed by atoms with van der Waals surface area (Å²) in [6.45, 7) is 44.0. The van der Waals surface area contributed by atoms with Gasteiger partial charge in [-0.25, -0.2) is 24.6 Å². The van der Waals surface area contributed by atoms with Crippen LogP contribution in [-0.2, 0) is 21.7 Å². The highest BCUT2D eigenvalue weighted by atomic mass is 15.1. The molecule has 0 aliphatic carbocycles. The Morgan fingerprint density at radius 2 is 0.750 bits per heavy atom. The Balaban J connectivity index is 1.27. The first-order chi connectivity index (χ1) is 36.1. The third-order valence-electron chi connectivity index (χ3n) is 15.1. The van der Waals surface area contributed by atoms with Crippen LogP contribution in [0.25, 0.3) is 110 Å². The Morgan fingerprint density at radius 1 is 0.355 bits per heavy atom. The van der Waals surface area contributed by atoms with Gasteiger partial charge in [-0.2, -0.15) is 0 Å². The van der Waals surface area contributed by atoms with Crippen molar-refractivity contribution in [2.24, 2.45) is 0 Å². The van der Waals surface area contributed by atoms with E-state index in [4.69, 9.17) is 28.1 Å². The first-order valence-electron chi connectivity index (χ1n) is 26.2. The average molecular weight is 990 g/mol. The fourth-order valence-corrected chi connectivity index (χ4v) is 10.7. The van der Waals surface area contributed by atoms with Gasteiger partial charge < -0.3 is 9.13 Å². The highest BCUT2D eigenvalue weighted by Gasteiger charge is 2.28. The predicted molar refractivity (Wildman–Crippen MR) is 318 cm³/mol. The minimum Gasteiger partial charge on any atom is -0.310 e. The molecule has 374 valence electrons. The lowest BCUT2D eigenvalue weighted by molar-refractivity contribution is 0.590. The van der Waals surface area contributed by atoms with Crippen molar-refractivity contribution in [3.05, 3.63) is 209 Å². The van der Waals surface area contributed by atoms with Gasteiger partial charge in [-0.3, -0.25) is 0 Å². The van der Waals surface area contributed by atoms with Gasteiger partial charge in [-0.05, 0) is 122 Å². The minimum atomic E-state index is -0.0805. The topological polar surface area (TPSA) is 57.2 Å². The van der Waals surface area contributed by atoms with Crippen LogP contribution in [0.5, 0.6) is 0 Å². The Bertz CT molecular complexity index is 4080. The summed E-state index contributed by atoms with van der Waals surface area (Å²) in [5, 5.41) is 4.61. The largest absolute Gasteiger partial charge is 0.310 e. The lowest BCUT2D eigenvalue weighted by Gasteiger charge is -2.21. The molecule has 0 unspecified atom stereocenters. The smallest absolute Gasteiger partial charge is 0.200 e. The summed E-state index contributed by atoms with van der Waals surface area (Å²) in [4.78, 5) is 24.6. The standard InChI is InChI=1S/C69H63N7/c1-66(2,3)44-29-33-55-50(38-44)51-39-45(67(4,5)6)30-34-56(51)75(55)59-27-19-25-49(43-23-18-24-48(37-43)70-13)61(59)64-72-63(42-21-16-15-17-22-42)73-65(74-64)62-54(71-14)26-20-28-60(62)76-57-35-31-46(68(7,8)9)40-52(57)53-41-47(69(10,11)12)32-36-58(53)76/h15-41H,1-12H3. The Kier molecular flexibility index (Phi) is 11.8. The molecule has 0 radical (unpaired) electrons. The van der Waals surface area contributed by atoms with Crippen molar-refractivity contribution in [3.63, 3.8) is 0 Å². The van der Waals surface area contributed by atoms with E-state index in [2.05, 4.69) is 205 Å². The summed E-state index contributed by atoms with van der Waals surface area (Å²) in [6.07, 6.45) is 0. The lowest BCUT2D eigenvalue weighted by Crippen LogP contribution is -2.10. The molecule has 11 rings (SSSR count). The number of hydrogen-bond donors (Lipinski definition) is 0. The molecule has 8 aromatic carbocycles. The van der Waals surface area contributed by atoms with E-state index >= 15 is 0 Å². The van der Waals surface area contributed by atoms with Gasteiger partial charge in [0, 0.05) is 38.4 Å². The fourth-order valence-electron chi connectivity index (χ4n) is 10.7. The Hall–Kier alpha value is -8.65. The van der Waals surface area contributed by atoms with E-state index < -0.39 is 0 Å². The summed E-state index contributed by atoms with van der Waals surface area (Å²) in [5.74, 6) is 1.29. The molecule has 0 atom stereocenters. The number of benzene rings is 8. The maximum absolute atomic E-state index is 8.80. The van der Waals surface area contributed by atoms with Gasteiger partial charge in [0.15, 0.2) is 28.8 Å². The molecular formula is C69H63N7. The lowest BCUT2D eigenvalue weighted by atomic mass is 9.85. The summed E-state index contributed by atoms with van der Waals surface area (Å²) in [6, 6.07) is 57.5. The molecule has 0 saturated heterocycles. The third-order valence-corrected chi connectivity index (χ3v) is 15.1. The summed E-state index contributed by atoms with van der Waals surface area (Å²) in [7, 11) is 0. The van der Waals surface area contributed by atoms with Crippen LogP contribution >= 0.6 is 0 Å². The molecule has 0 aliphatic heterocycles. The van der Waals surface area contributed by atoms with Crippen LogP contribution in [0.2, 0.25) is 0 Å². The molecule has 7 heteroatoms. The molecule has 0 N–H and O–H groups in total. The van der Waals surface area contributed by atoms with Crippen LogP contribution in [0, 0.1) is 13.1 Å². The van der Waals surface area contributed by atoms with Crippen LogP contribution in [0.1, 0.15) is 105 Å². The first kappa shape index (κ1) is 49.6. The van der Waals surface area contributed by atoms with Crippen LogP contribution in [0.15, 0.2) is 164 Å². The van der Waals surface area contributed by atoms with Crippen LogP contribution < -0.4 is 0 Å². The molecule has 0 aliphatic rings. The maximum Gasteiger partial charge on any atom is 0.200 e. The van der Waals surface area contributed by atoms with Crippen molar-refractivity contribution in [3.8, 4) is 56.7 Å². The summed E-state index contributed by atoms with van der Waals surface area (Å²) >= 11 is 0. The zero-order chi connectivity index (χ0) is 53.6. The van der Waals surface area contributed by atoms with Gasteiger partial charge in [0.25, 0.3) is 0 Å². The molecule has 0 spiro atoms. The van der Waals surface area contributed by atoms with Gasteiger partial charge in [-0.15, -0.1) is 0 Å².